The van der Waals surface area contributed by atoms with Gasteiger partial charge in [0.25, 0.3) is 12.1 Å². The molecule has 1 amide bonds. The third-order valence-electron chi connectivity index (χ3n) is 4.30. The molecule has 0 aliphatic rings. The fourth-order valence-corrected chi connectivity index (χ4v) is 2.65. The van der Waals surface area contributed by atoms with Gasteiger partial charge in [0.1, 0.15) is 5.75 Å². The number of benzene rings is 2. The van der Waals surface area contributed by atoms with Crippen molar-refractivity contribution in [3.05, 3.63) is 89.7 Å². The molecular weight excluding hydrogens is 454 g/mol. The number of alkyl halides is 6. The standard InChI is InChI=1S/C22H14F6N2O3/c23-20(21(24,25)26)22(27,28)33-17-7-3-15(4-8-17)19(32)30-16-5-1-13(2-6-16)18(31)14-9-11-29-12-10-14/h1-12,20H,(H,30,32)/t20-/m0/s1. The Balaban J connectivity index is 1.63. The number of anilines is 1. The van der Waals surface area contributed by atoms with Crippen molar-refractivity contribution in [2.75, 3.05) is 5.32 Å². The molecule has 0 radical (unpaired) electrons. The van der Waals surface area contributed by atoms with E-state index in [0.717, 1.165) is 24.3 Å². The van der Waals surface area contributed by atoms with Crippen LogP contribution in [0, 0.1) is 0 Å². The average molecular weight is 468 g/mol. The normalized spacial score (nSPS) is 12.7. The Hall–Kier alpha value is -3.89. The molecule has 0 saturated heterocycles. The topological polar surface area (TPSA) is 68.3 Å². The van der Waals surface area contributed by atoms with E-state index >= 15 is 0 Å². The molecule has 172 valence electrons. The number of hydrogen-bond acceptors (Lipinski definition) is 4. The molecule has 33 heavy (non-hydrogen) atoms. The monoisotopic (exact) mass is 468 g/mol. The number of amides is 1. The Kier molecular flexibility index (Phi) is 6.70. The fourth-order valence-electron chi connectivity index (χ4n) is 2.65. The first-order chi connectivity index (χ1) is 15.5. The van der Waals surface area contributed by atoms with E-state index in [1.54, 1.807) is 12.1 Å². The Morgan fingerprint density at radius 1 is 0.788 bits per heavy atom. The predicted octanol–water partition coefficient (Wildman–Crippen LogP) is 5.44. The number of ketones is 1. The van der Waals surface area contributed by atoms with Gasteiger partial charge in [-0.25, -0.2) is 4.39 Å². The SMILES string of the molecule is O=C(Nc1ccc(C(=O)c2ccncc2)cc1)c1ccc(OC(F)(F)[C@@H](F)C(F)(F)F)cc1. The van der Waals surface area contributed by atoms with Gasteiger partial charge >= 0.3 is 12.3 Å². The summed E-state index contributed by atoms with van der Waals surface area (Å²) < 4.78 is 79.9. The number of halogens is 6. The number of rotatable bonds is 7. The molecule has 11 heteroatoms. The van der Waals surface area contributed by atoms with Gasteiger partial charge in [0, 0.05) is 34.8 Å². The number of aromatic nitrogens is 1. The minimum absolute atomic E-state index is 0.0322. The van der Waals surface area contributed by atoms with Crippen LogP contribution in [0.2, 0.25) is 0 Å². The van der Waals surface area contributed by atoms with Crippen molar-refractivity contribution < 1.29 is 40.7 Å². The van der Waals surface area contributed by atoms with Gasteiger partial charge < -0.3 is 10.1 Å². The number of nitrogens with one attached hydrogen (secondary N) is 1. The van der Waals surface area contributed by atoms with E-state index in [9.17, 15) is 35.9 Å². The van der Waals surface area contributed by atoms with Gasteiger partial charge in [-0.05, 0) is 60.7 Å². The molecular formula is C22H14F6N2O3. The lowest BCUT2D eigenvalue weighted by atomic mass is 10.0. The largest absolute Gasteiger partial charge is 0.439 e. The highest BCUT2D eigenvalue weighted by Crippen LogP contribution is 2.36. The maximum atomic E-state index is 13.3. The first-order valence-electron chi connectivity index (χ1n) is 9.21. The summed E-state index contributed by atoms with van der Waals surface area (Å²) in [5.41, 5.74) is 1.09. The molecule has 1 heterocycles. The molecule has 3 aromatic rings. The van der Waals surface area contributed by atoms with Gasteiger partial charge in [0.15, 0.2) is 5.78 Å². The van der Waals surface area contributed by atoms with Crippen molar-refractivity contribution in [1.82, 2.24) is 4.98 Å². The molecule has 5 nitrogen and oxygen atoms in total. The first kappa shape index (κ1) is 23.8. The summed E-state index contributed by atoms with van der Waals surface area (Å²) in [6.45, 7) is 0. The van der Waals surface area contributed by atoms with Crippen LogP contribution in [-0.4, -0.2) is 35.1 Å². The molecule has 0 saturated carbocycles. The van der Waals surface area contributed by atoms with E-state index in [4.69, 9.17) is 0 Å². The van der Waals surface area contributed by atoms with Crippen LogP contribution >= 0.6 is 0 Å². The summed E-state index contributed by atoms with van der Waals surface area (Å²) in [5.74, 6) is -1.67. The van der Waals surface area contributed by atoms with Crippen LogP contribution in [0.1, 0.15) is 26.3 Å². The van der Waals surface area contributed by atoms with Gasteiger partial charge in [-0.1, -0.05) is 0 Å². The zero-order valence-electron chi connectivity index (χ0n) is 16.4. The summed E-state index contributed by atoms with van der Waals surface area (Å²) in [4.78, 5) is 28.5. The second-order valence-electron chi connectivity index (χ2n) is 6.69. The maximum Gasteiger partial charge on any atom is 0.439 e. The average Bonchev–Trinajstić information content (AvgIpc) is 2.79. The summed E-state index contributed by atoms with van der Waals surface area (Å²) in [6, 6.07) is 12.7. The lowest BCUT2D eigenvalue weighted by molar-refractivity contribution is -0.304. The Labute approximate surface area is 183 Å². The highest BCUT2D eigenvalue weighted by Gasteiger charge is 2.59. The zero-order chi connectivity index (χ0) is 24.2. The molecule has 0 unspecified atom stereocenters. The molecule has 1 atom stereocenters. The quantitative estimate of drug-likeness (QED) is 0.371. The van der Waals surface area contributed by atoms with E-state index in [2.05, 4.69) is 15.0 Å². The van der Waals surface area contributed by atoms with E-state index in [1.165, 1.54) is 36.7 Å². The molecule has 0 fully saturated rings. The van der Waals surface area contributed by atoms with Crippen molar-refractivity contribution in [1.29, 1.82) is 0 Å². The third-order valence-corrected chi connectivity index (χ3v) is 4.30. The molecule has 0 aliphatic heterocycles. The summed E-state index contributed by atoms with van der Waals surface area (Å²) >= 11 is 0. The van der Waals surface area contributed by atoms with Gasteiger partial charge in [-0.3, -0.25) is 14.6 Å². The van der Waals surface area contributed by atoms with Crippen LogP contribution < -0.4 is 10.1 Å². The predicted molar refractivity (Wildman–Crippen MR) is 105 cm³/mol. The number of pyridine rings is 1. The Bertz CT molecular complexity index is 1120. The lowest BCUT2D eigenvalue weighted by Crippen LogP contribution is -2.45. The molecule has 2 aromatic carbocycles. The van der Waals surface area contributed by atoms with Gasteiger partial charge in [0.2, 0.25) is 0 Å². The number of hydrogen-bond donors (Lipinski definition) is 1. The van der Waals surface area contributed by atoms with E-state index in [-0.39, 0.29) is 11.3 Å². The summed E-state index contributed by atoms with van der Waals surface area (Å²) in [5, 5.41) is 2.51. The van der Waals surface area contributed by atoms with Crippen LogP contribution in [0.5, 0.6) is 5.75 Å². The van der Waals surface area contributed by atoms with Crippen LogP contribution in [0.4, 0.5) is 32.0 Å². The second kappa shape index (κ2) is 9.31. The number of ether oxygens (including phenoxy) is 1. The van der Waals surface area contributed by atoms with E-state index in [0.29, 0.717) is 16.8 Å². The lowest BCUT2D eigenvalue weighted by Gasteiger charge is -2.23. The minimum atomic E-state index is -5.80. The van der Waals surface area contributed by atoms with E-state index < -0.39 is 30.1 Å². The smallest absolute Gasteiger partial charge is 0.430 e. The maximum absolute atomic E-state index is 13.3. The molecule has 1 aromatic heterocycles. The van der Waals surface area contributed by atoms with Gasteiger partial charge in [0.05, 0.1) is 0 Å². The van der Waals surface area contributed by atoms with Crippen molar-refractivity contribution in [2.24, 2.45) is 0 Å². The zero-order valence-corrected chi connectivity index (χ0v) is 16.4. The Morgan fingerprint density at radius 3 is 1.85 bits per heavy atom. The highest BCUT2D eigenvalue weighted by molar-refractivity contribution is 6.09. The molecule has 3 rings (SSSR count). The third kappa shape index (κ3) is 5.88. The van der Waals surface area contributed by atoms with Gasteiger partial charge in [-0.15, -0.1) is 0 Å². The van der Waals surface area contributed by atoms with Crippen molar-refractivity contribution in [3.63, 3.8) is 0 Å². The molecule has 0 spiro atoms. The van der Waals surface area contributed by atoms with Crippen molar-refractivity contribution in [2.45, 2.75) is 18.5 Å². The summed E-state index contributed by atoms with van der Waals surface area (Å²) in [6.07, 6.45) is -12.5. The van der Waals surface area contributed by atoms with Crippen LogP contribution in [0.3, 0.4) is 0 Å². The first-order valence-corrected chi connectivity index (χ1v) is 9.21. The highest BCUT2D eigenvalue weighted by atomic mass is 19.4. The van der Waals surface area contributed by atoms with Crippen molar-refractivity contribution in [3.8, 4) is 5.75 Å². The molecule has 0 bridgehead atoms. The molecule has 1 N–H and O–H groups in total. The van der Waals surface area contributed by atoms with Crippen LogP contribution in [0.15, 0.2) is 73.1 Å². The van der Waals surface area contributed by atoms with Crippen molar-refractivity contribution >= 4 is 17.4 Å². The van der Waals surface area contributed by atoms with Crippen LogP contribution in [0.25, 0.3) is 0 Å². The minimum Gasteiger partial charge on any atom is -0.430 e. The van der Waals surface area contributed by atoms with Crippen LogP contribution in [-0.2, 0) is 0 Å². The number of carbonyl (C=O) groups excluding carboxylic acids is 2. The van der Waals surface area contributed by atoms with E-state index in [1.807, 2.05) is 0 Å². The second-order valence-corrected chi connectivity index (χ2v) is 6.69. The Morgan fingerprint density at radius 2 is 1.30 bits per heavy atom. The van der Waals surface area contributed by atoms with Gasteiger partial charge in [-0.2, -0.15) is 22.0 Å². The summed E-state index contributed by atoms with van der Waals surface area (Å²) in [7, 11) is 0. The number of nitrogens with zero attached hydrogens (tertiary/aromatic N) is 1. The number of carbonyl (C=O) groups is 2. The fraction of sp³-hybridized carbons (Fsp3) is 0.136. The molecule has 0 aliphatic carbocycles.